The Hall–Kier alpha value is -0.710. The fourth-order valence-corrected chi connectivity index (χ4v) is 1.27. The number of hydrogen-bond donors (Lipinski definition) is 2. The Labute approximate surface area is 78.7 Å². The van der Waals surface area contributed by atoms with Crippen LogP contribution in [0.25, 0.3) is 0 Å². The zero-order chi connectivity index (χ0) is 9.14. The average molecular weight is 204 g/mol. The molecule has 0 spiro atoms. The number of hydrogen-bond acceptors (Lipinski definition) is 3. The Kier molecular flexibility index (Phi) is 2.97. The predicted molar refractivity (Wildman–Crippen MR) is 48.5 cm³/mol. The number of carboxylic acids is 1. The Morgan fingerprint density at radius 1 is 1.58 bits per heavy atom. The predicted octanol–water partition coefficient (Wildman–Crippen LogP) is 2.00. The van der Waals surface area contributed by atoms with Gasteiger partial charge in [-0.2, -0.15) is 0 Å². The molecule has 0 aromatic heterocycles. The van der Waals surface area contributed by atoms with E-state index in [4.69, 9.17) is 21.8 Å². The highest BCUT2D eigenvalue weighted by molar-refractivity contribution is 7.97. The summed E-state index contributed by atoms with van der Waals surface area (Å²) in [6.45, 7) is 0. The molecule has 3 N–H and O–H groups in total. The molecule has 0 fully saturated rings. The number of aromatic carboxylic acids is 1. The third-order valence-corrected chi connectivity index (χ3v) is 2.16. The first kappa shape index (κ1) is 9.38. The summed E-state index contributed by atoms with van der Waals surface area (Å²) in [5.74, 6) is -1.05. The van der Waals surface area contributed by atoms with Crippen molar-refractivity contribution in [1.82, 2.24) is 0 Å². The molecule has 3 nitrogen and oxygen atoms in total. The second-order valence-electron chi connectivity index (χ2n) is 2.06. The number of carbonyl (C=O) groups is 1. The Balaban J connectivity index is 3.17. The summed E-state index contributed by atoms with van der Waals surface area (Å²) >= 11 is 6.60. The van der Waals surface area contributed by atoms with Gasteiger partial charge in [0.25, 0.3) is 0 Å². The first-order chi connectivity index (χ1) is 5.65. The van der Waals surface area contributed by atoms with Gasteiger partial charge in [0.1, 0.15) is 0 Å². The molecule has 0 unspecified atom stereocenters. The fraction of sp³-hybridized carbons (Fsp3) is 0. The van der Waals surface area contributed by atoms with Crippen molar-refractivity contribution in [2.24, 2.45) is 5.14 Å². The largest absolute Gasteiger partial charge is 0.478 e. The maximum absolute atomic E-state index is 10.6. The quantitative estimate of drug-likeness (QED) is 0.722. The number of nitrogens with two attached hydrogens (primary N) is 1. The monoisotopic (exact) mass is 203 g/mol. The molecule has 1 aromatic carbocycles. The Morgan fingerprint density at radius 3 is 2.75 bits per heavy atom. The van der Waals surface area contributed by atoms with Crippen molar-refractivity contribution in [1.29, 1.82) is 0 Å². The van der Waals surface area contributed by atoms with E-state index < -0.39 is 5.97 Å². The fourth-order valence-electron chi connectivity index (χ4n) is 0.742. The molecule has 1 rings (SSSR count). The van der Waals surface area contributed by atoms with Crippen molar-refractivity contribution in [3.8, 4) is 0 Å². The van der Waals surface area contributed by atoms with Gasteiger partial charge in [-0.05, 0) is 30.1 Å². The summed E-state index contributed by atoms with van der Waals surface area (Å²) < 4.78 is 0. The third kappa shape index (κ3) is 1.91. The van der Waals surface area contributed by atoms with Gasteiger partial charge in [0.2, 0.25) is 0 Å². The molecule has 0 saturated heterocycles. The van der Waals surface area contributed by atoms with Crippen LogP contribution in [0.4, 0.5) is 0 Å². The highest BCUT2D eigenvalue weighted by atomic mass is 35.5. The van der Waals surface area contributed by atoms with Gasteiger partial charge >= 0.3 is 5.97 Å². The van der Waals surface area contributed by atoms with Gasteiger partial charge in [-0.3, -0.25) is 5.14 Å². The summed E-state index contributed by atoms with van der Waals surface area (Å²) in [6, 6.07) is 4.62. The molecular weight excluding hydrogens is 198 g/mol. The van der Waals surface area contributed by atoms with Crippen molar-refractivity contribution in [3.05, 3.63) is 28.8 Å². The molecule has 5 heteroatoms. The minimum Gasteiger partial charge on any atom is -0.478 e. The molecule has 1 aromatic rings. The summed E-state index contributed by atoms with van der Waals surface area (Å²) in [6.07, 6.45) is 0. The molecule has 0 radical (unpaired) electrons. The second-order valence-corrected chi connectivity index (χ2v) is 3.18. The lowest BCUT2D eigenvalue weighted by Crippen LogP contribution is -1.97. The molecule has 0 aliphatic carbocycles. The van der Waals surface area contributed by atoms with Gasteiger partial charge < -0.3 is 5.11 Å². The van der Waals surface area contributed by atoms with Crippen molar-refractivity contribution in [2.75, 3.05) is 0 Å². The molecular formula is C7H6ClNO2S. The van der Waals surface area contributed by atoms with Crippen LogP contribution >= 0.6 is 23.5 Å². The van der Waals surface area contributed by atoms with Crippen LogP contribution in [0, 0.1) is 0 Å². The summed E-state index contributed by atoms with van der Waals surface area (Å²) in [4.78, 5) is 11.2. The summed E-state index contributed by atoms with van der Waals surface area (Å²) in [5, 5.41) is 14.1. The zero-order valence-electron chi connectivity index (χ0n) is 5.95. The van der Waals surface area contributed by atoms with E-state index in [1.807, 2.05) is 0 Å². The van der Waals surface area contributed by atoms with Gasteiger partial charge in [-0.15, -0.1) is 0 Å². The van der Waals surface area contributed by atoms with Gasteiger partial charge in [-0.1, -0.05) is 11.6 Å². The molecule has 64 valence electrons. The first-order valence-electron chi connectivity index (χ1n) is 3.04. The number of rotatable bonds is 2. The molecule has 0 bridgehead atoms. The smallest absolute Gasteiger partial charge is 0.337 e. The van der Waals surface area contributed by atoms with Crippen molar-refractivity contribution in [2.45, 2.75) is 4.90 Å². The van der Waals surface area contributed by atoms with Gasteiger partial charge in [-0.25, -0.2) is 4.79 Å². The van der Waals surface area contributed by atoms with Crippen LogP contribution in [0.3, 0.4) is 0 Å². The number of carboxylic acid groups (broad SMARTS) is 1. The third-order valence-electron chi connectivity index (χ3n) is 1.30. The lowest BCUT2D eigenvalue weighted by atomic mass is 10.2. The number of benzene rings is 1. The number of halogens is 1. The van der Waals surface area contributed by atoms with Gasteiger partial charge in [0.15, 0.2) is 0 Å². The maximum atomic E-state index is 10.6. The standard InChI is InChI=1S/C7H6ClNO2S/c8-6-2-1-4(12-9)3-5(6)7(10)11/h1-3H,9H2,(H,10,11). The van der Waals surface area contributed by atoms with Crippen molar-refractivity contribution < 1.29 is 9.90 Å². The van der Waals surface area contributed by atoms with Crippen LogP contribution in [-0.2, 0) is 0 Å². The van der Waals surface area contributed by atoms with Crippen molar-refractivity contribution >= 4 is 29.5 Å². The van der Waals surface area contributed by atoms with Gasteiger partial charge in [0, 0.05) is 4.90 Å². The second kappa shape index (κ2) is 3.80. The van der Waals surface area contributed by atoms with E-state index in [0.717, 1.165) is 11.9 Å². The topological polar surface area (TPSA) is 63.3 Å². The van der Waals surface area contributed by atoms with Crippen LogP contribution in [0.1, 0.15) is 10.4 Å². The minimum atomic E-state index is -1.05. The molecule has 0 atom stereocenters. The lowest BCUT2D eigenvalue weighted by molar-refractivity contribution is 0.0697. The molecule has 0 saturated carbocycles. The van der Waals surface area contributed by atoms with Crippen LogP contribution in [0.5, 0.6) is 0 Å². The van der Waals surface area contributed by atoms with Crippen molar-refractivity contribution in [3.63, 3.8) is 0 Å². The maximum Gasteiger partial charge on any atom is 0.337 e. The van der Waals surface area contributed by atoms with E-state index in [1.54, 1.807) is 6.07 Å². The molecule has 0 aliphatic heterocycles. The van der Waals surface area contributed by atoms with E-state index in [0.29, 0.717) is 4.90 Å². The molecule has 0 amide bonds. The summed E-state index contributed by atoms with van der Waals surface area (Å²) in [7, 11) is 0. The Bertz CT molecular complexity index is 316. The molecule has 12 heavy (non-hydrogen) atoms. The van der Waals surface area contributed by atoms with Gasteiger partial charge in [0.05, 0.1) is 10.6 Å². The zero-order valence-corrected chi connectivity index (χ0v) is 7.52. The van der Waals surface area contributed by atoms with Crippen LogP contribution in [0.2, 0.25) is 5.02 Å². The molecule has 0 heterocycles. The summed E-state index contributed by atoms with van der Waals surface area (Å²) in [5.41, 5.74) is 0.0760. The Morgan fingerprint density at radius 2 is 2.25 bits per heavy atom. The molecule has 0 aliphatic rings. The highest BCUT2D eigenvalue weighted by Crippen LogP contribution is 2.21. The van der Waals surface area contributed by atoms with Crippen LogP contribution in [0.15, 0.2) is 23.1 Å². The van der Waals surface area contributed by atoms with E-state index in [2.05, 4.69) is 0 Å². The van der Waals surface area contributed by atoms with E-state index in [9.17, 15) is 4.79 Å². The van der Waals surface area contributed by atoms with Crippen LogP contribution < -0.4 is 5.14 Å². The first-order valence-corrected chi connectivity index (χ1v) is 4.30. The van der Waals surface area contributed by atoms with E-state index in [1.165, 1.54) is 12.1 Å². The SMILES string of the molecule is NSc1ccc(Cl)c(C(=O)O)c1. The van der Waals surface area contributed by atoms with E-state index in [-0.39, 0.29) is 10.6 Å². The highest BCUT2D eigenvalue weighted by Gasteiger charge is 2.08. The van der Waals surface area contributed by atoms with Crippen LogP contribution in [-0.4, -0.2) is 11.1 Å². The van der Waals surface area contributed by atoms with E-state index >= 15 is 0 Å². The lowest BCUT2D eigenvalue weighted by Gasteiger charge is -2.00. The average Bonchev–Trinajstić information content (AvgIpc) is 2.05. The normalized spacial score (nSPS) is 9.83. The minimum absolute atomic E-state index is 0.0760.